The summed E-state index contributed by atoms with van der Waals surface area (Å²) in [5.41, 5.74) is -0.0132. The third-order valence-corrected chi connectivity index (χ3v) is 2.03. The van der Waals surface area contributed by atoms with Gasteiger partial charge in [-0.25, -0.2) is 4.79 Å². The summed E-state index contributed by atoms with van der Waals surface area (Å²) in [6, 6.07) is 1.89. The molecule has 2 N–H and O–H groups in total. The number of pyridine rings is 1. The highest BCUT2D eigenvalue weighted by Gasteiger charge is 2.17. The Labute approximate surface area is 98.0 Å². The van der Waals surface area contributed by atoms with E-state index in [2.05, 4.69) is 10.3 Å². The molecule has 1 unspecified atom stereocenters. The van der Waals surface area contributed by atoms with Crippen molar-refractivity contribution in [2.24, 2.45) is 0 Å². The van der Waals surface area contributed by atoms with Gasteiger partial charge in [-0.05, 0) is 19.9 Å². The van der Waals surface area contributed by atoms with Gasteiger partial charge in [-0.1, -0.05) is 0 Å². The Bertz CT molecular complexity index is 446. The Morgan fingerprint density at radius 2 is 2.18 bits per heavy atom. The van der Waals surface area contributed by atoms with E-state index in [9.17, 15) is 14.4 Å². The summed E-state index contributed by atoms with van der Waals surface area (Å²) in [5.74, 6) is -0.938. The molecule has 0 aliphatic carbocycles. The van der Waals surface area contributed by atoms with E-state index in [0.29, 0.717) is 0 Å². The minimum absolute atomic E-state index is 0.262. The lowest BCUT2D eigenvalue weighted by Gasteiger charge is -2.12. The van der Waals surface area contributed by atoms with E-state index in [0.717, 1.165) is 0 Å². The van der Waals surface area contributed by atoms with Gasteiger partial charge in [0.25, 0.3) is 5.91 Å². The summed E-state index contributed by atoms with van der Waals surface area (Å²) < 4.78 is 4.75. The molecule has 17 heavy (non-hydrogen) atoms. The van der Waals surface area contributed by atoms with Crippen LogP contribution in [0.2, 0.25) is 0 Å². The average Bonchev–Trinajstić information content (AvgIpc) is 2.30. The molecular weight excluding hydrogens is 224 g/mol. The molecule has 1 aromatic heterocycles. The van der Waals surface area contributed by atoms with Crippen molar-refractivity contribution in [3.8, 4) is 0 Å². The second-order valence-electron chi connectivity index (χ2n) is 3.39. The Hall–Kier alpha value is -2.11. The standard InChI is InChI=1S/C11H14N2O4/c1-3-17-11(16)7(2)13-10(15)8-4-5-9(14)12-6-8/h4-7H,3H2,1-2H3,(H,12,14)(H,13,15). The monoisotopic (exact) mass is 238 g/mol. The zero-order valence-electron chi connectivity index (χ0n) is 9.65. The van der Waals surface area contributed by atoms with Crippen molar-refractivity contribution in [1.82, 2.24) is 10.3 Å². The molecule has 1 heterocycles. The molecule has 1 rings (SSSR count). The van der Waals surface area contributed by atoms with Crippen LogP contribution in [-0.4, -0.2) is 29.5 Å². The number of amides is 1. The summed E-state index contributed by atoms with van der Waals surface area (Å²) in [7, 11) is 0. The predicted molar refractivity (Wildman–Crippen MR) is 60.6 cm³/mol. The first-order valence-corrected chi connectivity index (χ1v) is 5.21. The molecule has 0 spiro atoms. The first-order chi connectivity index (χ1) is 8.04. The van der Waals surface area contributed by atoms with Gasteiger partial charge in [0.2, 0.25) is 5.56 Å². The van der Waals surface area contributed by atoms with Crippen molar-refractivity contribution < 1.29 is 14.3 Å². The Kier molecular flexibility index (Phi) is 4.45. The fraction of sp³-hybridized carbons (Fsp3) is 0.364. The van der Waals surface area contributed by atoms with Gasteiger partial charge in [0.15, 0.2) is 0 Å². The number of hydrogen-bond acceptors (Lipinski definition) is 4. The molecule has 0 saturated carbocycles. The highest BCUT2D eigenvalue weighted by molar-refractivity contribution is 5.96. The van der Waals surface area contributed by atoms with Crippen LogP contribution in [0.3, 0.4) is 0 Å². The number of hydrogen-bond donors (Lipinski definition) is 2. The maximum atomic E-state index is 11.6. The van der Waals surface area contributed by atoms with E-state index in [4.69, 9.17) is 4.74 Å². The average molecular weight is 238 g/mol. The third-order valence-electron chi connectivity index (χ3n) is 2.03. The van der Waals surface area contributed by atoms with Crippen molar-refractivity contribution >= 4 is 11.9 Å². The molecule has 92 valence electrons. The lowest BCUT2D eigenvalue weighted by Crippen LogP contribution is -2.39. The normalized spacial score (nSPS) is 11.6. The summed E-state index contributed by atoms with van der Waals surface area (Å²) in [6.45, 7) is 3.48. The topological polar surface area (TPSA) is 88.3 Å². The van der Waals surface area contributed by atoms with Gasteiger partial charge < -0.3 is 15.0 Å². The quantitative estimate of drug-likeness (QED) is 0.726. The SMILES string of the molecule is CCOC(=O)C(C)NC(=O)c1ccc(=O)[nH]c1. The lowest BCUT2D eigenvalue weighted by atomic mass is 10.2. The molecule has 0 fully saturated rings. The van der Waals surface area contributed by atoms with Gasteiger partial charge in [0, 0.05) is 12.3 Å². The summed E-state index contributed by atoms with van der Waals surface area (Å²) >= 11 is 0. The van der Waals surface area contributed by atoms with E-state index < -0.39 is 17.9 Å². The van der Waals surface area contributed by atoms with Crippen molar-refractivity contribution in [3.63, 3.8) is 0 Å². The Balaban J connectivity index is 2.63. The third kappa shape index (κ3) is 3.75. The van der Waals surface area contributed by atoms with Gasteiger partial charge in [-0.2, -0.15) is 0 Å². The number of esters is 1. The molecule has 0 radical (unpaired) electrons. The van der Waals surface area contributed by atoms with Crippen LogP contribution < -0.4 is 10.9 Å². The number of aromatic nitrogens is 1. The van der Waals surface area contributed by atoms with E-state index in [1.54, 1.807) is 6.92 Å². The highest BCUT2D eigenvalue weighted by atomic mass is 16.5. The lowest BCUT2D eigenvalue weighted by molar-refractivity contribution is -0.144. The van der Waals surface area contributed by atoms with Crippen LogP contribution in [0.5, 0.6) is 0 Å². The number of aromatic amines is 1. The molecule has 0 saturated heterocycles. The number of rotatable bonds is 4. The maximum Gasteiger partial charge on any atom is 0.328 e. The van der Waals surface area contributed by atoms with Gasteiger partial charge >= 0.3 is 5.97 Å². The summed E-state index contributed by atoms with van der Waals surface area (Å²) in [5, 5.41) is 2.46. The van der Waals surface area contributed by atoms with Crippen LogP contribution in [0.1, 0.15) is 24.2 Å². The molecule has 0 aliphatic heterocycles. The summed E-state index contributed by atoms with van der Waals surface area (Å²) in [4.78, 5) is 36.1. The number of carbonyl (C=O) groups excluding carboxylic acids is 2. The Morgan fingerprint density at radius 1 is 1.47 bits per heavy atom. The summed E-state index contributed by atoms with van der Waals surface area (Å²) in [6.07, 6.45) is 1.29. The van der Waals surface area contributed by atoms with E-state index in [1.165, 1.54) is 25.3 Å². The number of nitrogens with one attached hydrogen (secondary N) is 2. The van der Waals surface area contributed by atoms with Crippen molar-refractivity contribution in [3.05, 3.63) is 34.2 Å². The smallest absolute Gasteiger partial charge is 0.328 e. The van der Waals surface area contributed by atoms with Crippen molar-refractivity contribution in [1.29, 1.82) is 0 Å². The van der Waals surface area contributed by atoms with Crippen molar-refractivity contribution in [2.75, 3.05) is 6.61 Å². The number of carbonyl (C=O) groups is 2. The minimum Gasteiger partial charge on any atom is -0.464 e. The molecular formula is C11H14N2O4. The second kappa shape index (κ2) is 5.83. The molecule has 1 aromatic rings. The van der Waals surface area contributed by atoms with Crippen LogP contribution in [0.15, 0.2) is 23.1 Å². The fourth-order valence-corrected chi connectivity index (χ4v) is 1.16. The first kappa shape index (κ1) is 13.0. The Morgan fingerprint density at radius 3 is 2.71 bits per heavy atom. The zero-order chi connectivity index (χ0) is 12.8. The predicted octanol–water partition coefficient (Wildman–Crippen LogP) is 0.0563. The fourth-order valence-electron chi connectivity index (χ4n) is 1.16. The van der Waals surface area contributed by atoms with Crippen LogP contribution in [0.25, 0.3) is 0 Å². The molecule has 1 amide bonds. The van der Waals surface area contributed by atoms with Crippen molar-refractivity contribution in [2.45, 2.75) is 19.9 Å². The zero-order valence-corrected chi connectivity index (χ0v) is 9.65. The molecule has 6 heteroatoms. The second-order valence-corrected chi connectivity index (χ2v) is 3.39. The van der Waals surface area contributed by atoms with Gasteiger partial charge in [0.1, 0.15) is 6.04 Å². The molecule has 0 aromatic carbocycles. The molecule has 1 atom stereocenters. The number of H-pyrrole nitrogens is 1. The molecule has 6 nitrogen and oxygen atoms in total. The van der Waals surface area contributed by atoms with Crippen LogP contribution in [0.4, 0.5) is 0 Å². The van der Waals surface area contributed by atoms with E-state index >= 15 is 0 Å². The highest BCUT2D eigenvalue weighted by Crippen LogP contribution is 1.95. The maximum absolute atomic E-state index is 11.6. The van der Waals surface area contributed by atoms with E-state index in [1.807, 2.05) is 0 Å². The van der Waals surface area contributed by atoms with Crippen LogP contribution >= 0.6 is 0 Å². The van der Waals surface area contributed by atoms with Gasteiger partial charge in [-0.15, -0.1) is 0 Å². The van der Waals surface area contributed by atoms with E-state index in [-0.39, 0.29) is 17.7 Å². The molecule has 0 aliphatic rings. The van der Waals surface area contributed by atoms with Crippen LogP contribution in [-0.2, 0) is 9.53 Å². The van der Waals surface area contributed by atoms with Gasteiger partial charge in [0.05, 0.1) is 12.2 Å². The number of ether oxygens (including phenoxy) is 1. The minimum atomic E-state index is -0.727. The first-order valence-electron chi connectivity index (χ1n) is 5.21. The van der Waals surface area contributed by atoms with Crippen LogP contribution in [0, 0.1) is 0 Å². The molecule has 0 bridgehead atoms. The van der Waals surface area contributed by atoms with Gasteiger partial charge in [-0.3, -0.25) is 9.59 Å². The largest absolute Gasteiger partial charge is 0.464 e.